The van der Waals surface area contributed by atoms with E-state index in [2.05, 4.69) is 10.4 Å². The number of nitrogens with two attached hydrogens (primary N) is 1. The molecule has 1 heterocycles. The van der Waals surface area contributed by atoms with E-state index in [1.165, 1.54) is 12.1 Å². The van der Waals surface area contributed by atoms with Crippen molar-refractivity contribution < 1.29 is 8.78 Å². The van der Waals surface area contributed by atoms with Gasteiger partial charge in [-0.15, -0.1) is 0 Å². The van der Waals surface area contributed by atoms with Gasteiger partial charge < -0.3 is 0 Å². The van der Waals surface area contributed by atoms with Gasteiger partial charge in [0.25, 0.3) is 0 Å². The standard InChI is InChI=1S/C14H15F2N3/c15-11-7-10(8-12(16)9-11)14(19-17)5-4-13-3-1-2-6-18-13/h1-3,6-9,14,19H,4-5,17H2. The fraction of sp³-hybridized carbons (Fsp3) is 0.214. The van der Waals surface area contributed by atoms with Gasteiger partial charge in [0.1, 0.15) is 11.6 Å². The van der Waals surface area contributed by atoms with Crippen molar-refractivity contribution in [2.75, 3.05) is 0 Å². The van der Waals surface area contributed by atoms with Crippen molar-refractivity contribution in [2.45, 2.75) is 18.9 Å². The lowest BCUT2D eigenvalue weighted by atomic mass is 10.0. The summed E-state index contributed by atoms with van der Waals surface area (Å²) < 4.78 is 26.3. The number of rotatable bonds is 5. The Bertz CT molecular complexity index is 511. The number of hydrazine groups is 1. The third-order valence-corrected chi connectivity index (χ3v) is 2.90. The lowest BCUT2D eigenvalue weighted by Gasteiger charge is -2.16. The van der Waals surface area contributed by atoms with E-state index in [0.717, 1.165) is 11.8 Å². The summed E-state index contributed by atoms with van der Waals surface area (Å²) in [4.78, 5) is 4.20. The summed E-state index contributed by atoms with van der Waals surface area (Å²) >= 11 is 0. The van der Waals surface area contributed by atoms with Gasteiger partial charge in [-0.05, 0) is 42.7 Å². The van der Waals surface area contributed by atoms with Crippen molar-refractivity contribution in [3.05, 3.63) is 65.5 Å². The summed E-state index contributed by atoms with van der Waals surface area (Å²) in [5.41, 5.74) is 3.99. The van der Waals surface area contributed by atoms with E-state index in [-0.39, 0.29) is 6.04 Å². The highest BCUT2D eigenvalue weighted by Gasteiger charge is 2.12. The molecule has 0 saturated heterocycles. The number of nitrogens with one attached hydrogen (secondary N) is 1. The molecular formula is C14H15F2N3. The van der Waals surface area contributed by atoms with Crippen LogP contribution in [-0.4, -0.2) is 4.98 Å². The molecule has 0 aliphatic rings. The molecule has 19 heavy (non-hydrogen) atoms. The van der Waals surface area contributed by atoms with Gasteiger partial charge in [-0.3, -0.25) is 16.3 Å². The van der Waals surface area contributed by atoms with E-state index in [1.807, 2.05) is 18.2 Å². The van der Waals surface area contributed by atoms with Crippen LogP contribution in [-0.2, 0) is 6.42 Å². The molecule has 5 heteroatoms. The third-order valence-electron chi connectivity index (χ3n) is 2.90. The number of aromatic nitrogens is 1. The minimum atomic E-state index is -0.604. The predicted octanol–water partition coefficient (Wildman–Crippen LogP) is 2.50. The molecule has 0 aliphatic carbocycles. The molecule has 3 N–H and O–H groups in total. The molecule has 3 nitrogen and oxygen atoms in total. The zero-order chi connectivity index (χ0) is 13.7. The molecule has 1 aromatic heterocycles. The molecule has 0 spiro atoms. The summed E-state index contributed by atoms with van der Waals surface area (Å²) in [7, 11) is 0. The van der Waals surface area contributed by atoms with Gasteiger partial charge in [-0.1, -0.05) is 6.07 Å². The van der Waals surface area contributed by atoms with E-state index in [1.54, 1.807) is 6.20 Å². The molecule has 0 fully saturated rings. The van der Waals surface area contributed by atoms with Gasteiger partial charge in [0.15, 0.2) is 0 Å². The van der Waals surface area contributed by atoms with E-state index in [0.29, 0.717) is 18.4 Å². The molecule has 2 rings (SSSR count). The first kappa shape index (κ1) is 13.6. The quantitative estimate of drug-likeness (QED) is 0.643. The van der Waals surface area contributed by atoms with E-state index in [4.69, 9.17) is 5.84 Å². The Morgan fingerprint density at radius 2 is 1.89 bits per heavy atom. The number of nitrogens with zero attached hydrogens (tertiary/aromatic N) is 1. The average molecular weight is 263 g/mol. The van der Waals surface area contributed by atoms with Crippen LogP contribution >= 0.6 is 0 Å². The second-order valence-electron chi connectivity index (χ2n) is 4.28. The van der Waals surface area contributed by atoms with E-state index in [9.17, 15) is 8.78 Å². The van der Waals surface area contributed by atoms with Gasteiger partial charge >= 0.3 is 0 Å². The van der Waals surface area contributed by atoms with Gasteiger partial charge in [0, 0.05) is 24.0 Å². The Morgan fingerprint density at radius 3 is 2.47 bits per heavy atom. The molecule has 0 saturated carbocycles. The van der Waals surface area contributed by atoms with Crippen molar-refractivity contribution in [2.24, 2.45) is 5.84 Å². The van der Waals surface area contributed by atoms with Crippen molar-refractivity contribution in [3.8, 4) is 0 Å². The summed E-state index contributed by atoms with van der Waals surface area (Å²) in [6.45, 7) is 0. The molecule has 0 amide bonds. The van der Waals surface area contributed by atoms with Gasteiger partial charge in [0.2, 0.25) is 0 Å². The topological polar surface area (TPSA) is 50.9 Å². The van der Waals surface area contributed by atoms with Crippen LogP contribution in [0.2, 0.25) is 0 Å². The molecule has 1 aromatic carbocycles. The number of aryl methyl sites for hydroxylation is 1. The Labute approximate surface area is 110 Å². The van der Waals surface area contributed by atoms with Gasteiger partial charge in [-0.25, -0.2) is 8.78 Å². The molecular weight excluding hydrogens is 248 g/mol. The predicted molar refractivity (Wildman–Crippen MR) is 69.0 cm³/mol. The Morgan fingerprint density at radius 1 is 1.16 bits per heavy atom. The molecule has 1 unspecified atom stereocenters. The highest BCUT2D eigenvalue weighted by molar-refractivity contribution is 5.21. The number of benzene rings is 1. The maximum atomic E-state index is 13.2. The summed E-state index contributed by atoms with van der Waals surface area (Å²) in [6.07, 6.45) is 2.99. The molecule has 0 aliphatic heterocycles. The molecule has 1 atom stereocenters. The second kappa shape index (κ2) is 6.36. The molecule has 100 valence electrons. The van der Waals surface area contributed by atoms with Crippen molar-refractivity contribution in [1.82, 2.24) is 10.4 Å². The number of halogens is 2. The average Bonchev–Trinajstić information content (AvgIpc) is 2.39. The fourth-order valence-electron chi connectivity index (χ4n) is 1.96. The largest absolute Gasteiger partial charge is 0.271 e. The number of pyridine rings is 1. The number of hydrogen-bond donors (Lipinski definition) is 2. The highest BCUT2D eigenvalue weighted by Crippen LogP contribution is 2.20. The minimum Gasteiger partial charge on any atom is -0.271 e. The van der Waals surface area contributed by atoms with Gasteiger partial charge in [0.05, 0.1) is 0 Å². The first-order valence-corrected chi connectivity index (χ1v) is 6.01. The molecule has 0 bridgehead atoms. The Balaban J connectivity index is 2.07. The summed E-state index contributed by atoms with van der Waals surface area (Å²) in [6, 6.07) is 8.74. The normalized spacial score (nSPS) is 12.4. The SMILES string of the molecule is NNC(CCc1ccccn1)c1cc(F)cc(F)c1. The second-order valence-corrected chi connectivity index (χ2v) is 4.28. The van der Waals surface area contributed by atoms with Crippen molar-refractivity contribution in [1.29, 1.82) is 0 Å². The van der Waals surface area contributed by atoms with Crippen LogP contribution in [0.5, 0.6) is 0 Å². The van der Waals surface area contributed by atoms with Crippen LogP contribution in [0.15, 0.2) is 42.6 Å². The molecule has 0 radical (unpaired) electrons. The third kappa shape index (κ3) is 3.81. The fourth-order valence-corrected chi connectivity index (χ4v) is 1.96. The van der Waals surface area contributed by atoms with Crippen LogP contribution in [0.25, 0.3) is 0 Å². The highest BCUT2D eigenvalue weighted by atomic mass is 19.1. The summed E-state index contributed by atoms with van der Waals surface area (Å²) in [5, 5.41) is 0. The lowest BCUT2D eigenvalue weighted by molar-refractivity contribution is 0.501. The lowest BCUT2D eigenvalue weighted by Crippen LogP contribution is -2.28. The first-order valence-electron chi connectivity index (χ1n) is 6.01. The monoisotopic (exact) mass is 263 g/mol. The van der Waals surface area contributed by atoms with Crippen molar-refractivity contribution in [3.63, 3.8) is 0 Å². The Hall–Kier alpha value is -1.85. The van der Waals surface area contributed by atoms with E-state index < -0.39 is 11.6 Å². The van der Waals surface area contributed by atoms with Crippen LogP contribution in [0.1, 0.15) is 23.7 Å². The zero-order valence-electron chi connectivity index (χ0n) is 10.3. The van der Waals surface area contributed by atoms with Crippen LogP contribution in [0.4, 0.5) is 8.78 Å². The maximum Gasteiger partial charge on any atom is 0.126 e. The van der Waals surface area contributed by atoms with E-state index >= 15 is 0 Å². The first-order chi connectivity index (χ1) is 9.19. The van der Waals surface area contributed by atoms with Crippen molar-refractivity contribution >= 4 is 0 Å². The number of hydrogen-bond acceptors (Lipinski definition) is 3. The maximum absolute atomic E-state index is 13.2. The smallest absolute Gasteiger partial charge is 0.126 e. The summed E-state index contributed by atoms with van der Waals surface area (Å²) in [5.74, 6) is 4.25. The van der Waals surface area contributed by atoms with Crippen LogP contribution in [0, 0.1) is 11.6 Å². The van der Waals surface area contributed by atoms with Crippen LogP contribution < -0.4 is 11.3 Å². The Kier molecular flexibility index (Phi) is 4.54. The zero-order valence-corrected chi connectivity index (χ0v) is 10.3. The van der Waals surface area contributed by atoms with Crippen LogP contribution in [0.3, 0.4) is 0 Å². The van der Waals surface area contributed by atoms with Gasteiger partial charge in [-0.2, -0.15) is 0 Å². The molecule has 2 aromatic rings. The minimum absolute atomic E-state index is 0.313.